The van der Waals surface area contributed by atoms with E-state index in [0.29, 0.717) is 13.0 Å². The second-order valence-corrected chi connectivity index (χ2v) is 6.36. The molecule has 4 N–H and O–H groups in total. The number of unbranched alkanes of at least 4 members (excludes halogenated alkanes) is 1. The first kappa shape index (κ1) is 19.7. The Morgan fingerprint density at radius 1 is 1.12 bits per heavy atom. The molecule has 0 aromatic heterocycles. The van der Waals surface area contributed by atoms with Crippen LogP contribution in [0.4, 0.5) is 0 Å². The largest absolute Gasteiger partial charge is 0.508 e. The third kappa shape index (κ3) is 6.28. The predicted octanol–water partition coefficient (Wildman–Crippen LogP) is 1.09. The number of benzene rings is 1. The molecule has 1 aromatic rings. The summed E-state index contributed by atoms with van der Waals surface area (Å²) >= 11 is 0. The van der Waals surface area contributed by atoms with Crippen molar-refractivity contribution in [3.63, 3.8) is 0 Å². The minimum atomic E-state index is -1.11. The first-order chi connectivity index (χ1) is 12.0. The number of phenolic OH excluding ortho intramolecular Hbond substituents is 1. The molecule has 7 heteroatoms. The molecule has 0 radical (unpaired) electrons. The summed E-state index contributed by atoms with van der Waals surface area (Å²) in [5, 5.41) is 38.3. The van der Waals surface area contributed by atoms with E-state index in [1.54, 1.807) is 12.1 Å². The average molecular weight is 354 g/mol. The number of hydrogen-bond donors (Lipinski definition) is 4. The molecule has 1 aliphatic carbocycles. The first-order valence-corrected chi connectivity index (χ1v) is 8.55. The average Bonchev–Trinajstić information content (AvgIpc) is 2.55. The van der Waals surface area contributed by atoms with Crippen molar-refractivity contribution in [3.8, 4) is 5.75 Å². The lowest BCUT2D eigenvalue weighted by atomic mass is 9.89. The Balaban J connectivity index is 1.76. The van der Waals surface area contributed by atoms with Crippen LogP contribution in [-0.2, 0) is 20.7 Å². The quantitative estimate of drug-likeness (QED) is 0.490. The van der Waals surface area contributed by atoms with Gasteiger partial charge in [0, 0.05) is 19.4 Å². The number of rotatable bonds is 9. The van der Waals surface area contributed by atoms with Crippen molar-refractivity contribution < 1.29 is 34.7 Å². The molecular weight excluding hydrogens is 328 g/mol. The van der Waals surface area contributed by atoms with Crippen molar-refractivity contribution in [2.75, 3.05) is 13.2 Å². The summed E-state index contributed by atoms with van der Waals surface area (Å²) in [5.74, 6) is -0.830. The molecule has 2 rings (SSSR count). The van der Waals surface area contributed by atoms with Gasteiger partial charge in [0.15, 0.2) is 0 Å². The molecule has 0 bridgehead atoms. The first-order valence-electron chi connectivity index (χ1n) is 8.55. The number of carbonyl (C=O) groups is 1. The number of aryl methyl sites for hydroxylation is 1. The molecule has 25 heavy (non-hydrogen) atoms. The highest BCUT2D eigenvalue weighted by Gasteiger charge is 2.38. The van der Waals surface area contributed by atoms with Gasteiger partial charge in [-0.15, -0.1) is 0 Å². The van der Waals surface area contributed by atoms with E-state index in [4.69, 9.17) is 14.6 Å². The van der Waals surface area contributed by atoms with Crippen molar-refractivity contribution in [2.45, 2.75) is 56.5 Å². The molecule has 0 saturated heterocycles. The van der Waals surface area contributed by atoms with Gasteiger partial charge in [-0.05, 0) is 30.9 Å². The van der Waals surface area contributed by atoms with Gasteiger partial charge in [-0.3, -0.25) is 0 Å². The van der Waals surface area contributed by atoms with Crippen LogP contribution >= 0.6 is 0 Å². The molecule has 0 amide bonds. The fourth-order valence-electron chi connectivity index (χ4n) is 3.08. The summed E-state index contributed by atoms with van der Waals surface area (Å²) in [7, 11) is 0. The Morgan fingerprint density at radius 3 is 2.60 bits per heavy atom. The van der Waals surface area contributed by atoms with E-state index in [1.807, 2.05) is 12.1 Å². The third-order valence-electron chi connectivity index (χ3n) is 4.33. The highest BCUT2D eigenvalue weighted by atomic mass is 16.6. The Hall–Kier alpha value is -1.67. The zero-order valence-electron chi connectivity index (χ0n) is 14.1. The number of ether oxygens (including phenoxy) is 2. The molecule has 4 atom stereocenters. The Labute approximate surface area is 146 Å². The number of aliphatic hydroxyl groups is 2. The van der Waals surface area contributed by atoms with Gasteiger partial charge in [0.2, 0.25) is 0 Å². The van der Waals surface area contributed by atoms with Crippen LogP contribution in [0.5, 0.6) is 5.75 Å². The summed E-state index contributed by atoms with van der Waals surface area (Å²) in [6.07, 6.45) is -0.191. The van der Waals surface area contributed by atoms with Gasteiger partial charge in [-0.25, -0.2) is 4.79 Å². The molecular formula is C18H26O7. The smallest absolute Gasteiger partial charge is 0.329 e. The molecule has 0 spiro atoms. The van der Waals surface area contributed by atoms with Gasteiger partial charge in [-0.1, -0.05) is 18.2 Å². The summed E-state index contributed by atoms with van der Waals surface area (Å²) in [4.78, 5) is 10.7. The van der Waals surface area contributed by atoms with E-state index in [1.165, 1.54) is 0 Å². The fourth-order valence-corrected chi connectivity index (χ4v) is 3.08. The molecule has 140 valence electrons. The lowest BCUT2D eigenvalue weighted by Gasteiger charge is -2.37. The van der Waals surface area contributed by atoms with Crippen LogP contribution in [0.25, 0.3) is 0 Å². The van der Waals surface area contributed by atoms with Gasteiger partial charge < -0.3 is 29.9 Å². The monoisotopic (exact) mass is 354 g/mol. The van der Waals surface area contributed by atoms with Crippen molar-refractivity contribution in [2.24, 2.45) is 0 Å². The van der Waals surface area contributed by atoms with Crippen LogP contribution in [0.3, 0.4) is 0 Å². The Morgan fingerprint density at radius 2 is 1.88 bits per heavy atom. The van der Waals surface area contributed by atoms with Crippen LogP contribution in [0, 0.1) is 0 Å². The topological polar surface area (TPSA) is 116 Å². The number of para-hydroxylation sites is 1. The number of aromatic hydroxyl groups is 1. The molecule has 1 saturated carbocycles. The number of hydrogen-bond acceptors (Lipinski definition) is 6. The summed E-state index contributed by atoms with van der Waals surface area (Å²) < 4.78 is 11.0. The second-order valence-electron chi connectivity index (χ2n) is 6.36. The van der Waals surface area contributed by atoms with Crippen molar-refractivity contribution in [1.82, 2.24) is 0 Å². The highest BCUT2D eigenvalue weighted by molar-refractivity contribution is 5.68. The van der Waals surface area contributed by atoms with Gasteiger partial charge in [-0.2, -0.15) is 0 Å². The molecule has 0 unspecified atom stereocenters. The zero-order valence-corrected chi connectivity index (χ0v) is 14.1. The number of carboxylic acid groups (broad SMARTS) is 1. The van der Waals surface area contributed by atoms with Gasteiger partial charge in [0.05, 0.1) is 18.3 Å². The molecule has 1 aromatic carbocycles. The third-order valence-corrected chi connectivity index (χ3v) is 4.33. The summed E-state index contributed by atoms with van der Waals surface area (Å²) in [5.41, 5.74) is 0.883. The van der Waals surface area contributed by atoms with Crippen LogP contribution in [0.2, 0.25) is 0 Å². The van der Waals surface area contributed by atoms with E-state index in [0.717, 1.165) is 24.8 Å². The molecule has 7 nitrogen and oxygen atoms in total. The maximum Gasteiger partial charge on any atom is 0.329 e. The van der Waals surface area contributed by atoms with E-state index < -0.39 is 37.0 Å². The number of carboxylic acids is 1. The lowest BCUT2D eigenvalue weighted by molar-refractivity contribution is -0.174. The van der Waals surface area contributed by atoms with Gasteiger partial charge >= 0.3 is 5.97 Å². The van der Waals surface area contributed by atoms with Crippen LogP contribution < -0.4 is 0 Å². The highest BCUT2D eigenvalue weighted by Crippen LogP contribution is 2.25. The molecule has 1 aliphatic rings. The lowest BCUT2D eigenvalue weighted by Crippen LogP contribution is -2.49. The van der Waals surface area contributed by atoms with Crippen LogP contribution in [0.15, 0.2) is 24.3 Å². The minimum Gasteiger partial charge on any atom is -0.508 e. The molecule has 1 fully saturated rings. The maximum absolute atomic E-state index is 10.7. The Kier molecular flexibility index (Phi) is 7.64. The minimum absolute atomic E-state index is 0.150. The van der Waals surface area contributed by atoms with E-state index in [-0.39, 0.29) is 12.2 Å². The molecule has 0 aliphatic heterocycles. The maximum atomic E-state index is 10.7. The van der Waals surface area contributed by atoms with E-state index >= 15 is 0 Å². The zero-order chi connectivity index (χ0) is 18.2. The van der Waals surface area contributed by atoms with Crippen molar-refractivity contribution >= 4 is 5.97 Å². The van der Waals surface area contributed by atoms with E-state index in [2.05, 4.69) is 0 Å². The van der Waals surface area contributed by atoms with Crippen LogP contribution in [-0.4, -0.2) is 64.0 Å². The summed E-state index contributed by atoms with van der Waals surface area (Å²) in [6, 6.07) is 7.18. The number of aliphatic carboxylic acids is 1. The SMILES string of the molecule is O=C(O)CO[C@@H]1[C@H](O)C[C@@H](O)C[C@H]1OCCCCc1ccccc1O. The number of aliphatic hydroxyl groups excluding tert-OH is 2. The standard InChI is InChI=1S/C18H26O7/c19-13-9-15(21)18(25-11-17(22)23)16(10-13)24-8-4-3-6-12-5-1-2-7-14(12)20/h1-2,5,7,13,15-16,18-21H,3-4,6,8-11H2,(H,22,23)/t13-,15-,16-,18-/m1/s1. The van der Waals surface area contributed by atoms with E-state index in [9.17, 15) is 20.1 Å². The fraction of sp³-hybridized carbons (Fsp3) is 0.611. The van der Waals surface area contributed by atoms with Crippen molar-refractivity contribution in [3.05, 3.63) is 29.8 Å². The van der Waals surface area contributed by atoms with Crippen molar-refractivity contribution in [1.29, 1.82) is 0 Å². The van der Waals surface area contributed by atoms with Gasteiger partial charge in [0.1, 0.15) is 18.5 Å². The molecule has 0 heterocycles. The number of phenols is 1. The Bertz CT molecular complexity index is 548. The van der Waals surface area contributed by atoms with Gasteiger partial charge in [0.25, 0.3) is 0 Å². The second kappa shape index (κ2) is 9.72. The van der Waals surface area contributed by atoms with Crippen LogP contribution in [0.1, 0.15) is 31.2 Å². The normalized spacial score (nSPS) is 26.5. The summed E-state index contributed by atoms with van der Waals surface area (Å²) in [6.45, 7) is -0.102. The predicted molar refractivity (Wildman–Crippen MR) is 89.4 cm³/mol.